The van der Waals surface area contributed by atoms with E-state index in [4.69, 9.17) is 5.26 Å². The average Bonchev–Trinajstić information content (AvgIpc) is 2.20. The van der Waals surface area contributed by atoms with E-state index in [2.05, 4.69) is 29.9 Å². The van der Waals surface area contributed by atoms with E-state index in [0.29, 0.717) is 11.7 Å². The smallest absolute Gasteiger partial charge is 0.145 e. The van der Waals surface area contributed by atoms with Gasteiger partial charge in [-0.3, -0.25) is 0 Å². The van der Waals surface area contributed by atoms with E-state index >= 15 is 0 Å². The normalized spacial score (nSPS) is 12.5. The van der Waals surface area contributed by atoms with Crippen LogP contribution in [0, 0.1) is 11.3 Å². The summed E-state index contributed by atoms with van der Waals surface area (Å²) in [6.45, 7) is 6.14. The number of hydrogen-bond donors (Lipinski definition) is 0. The highest BCUT2D eigenvalue weighted by molar-refractivity contribution is 5.13. The maximum absolute atomic E-state index is 8.88. The maximum Gasteiger partial charge on any atom is 0.145 e. The lowest BCUT2D eigenvalue weighted by atomic mass is 10.1. The van der Waals surface area contributed by atoms with Crippen LogP contribution in [0.4, 0.5) is 0 Å². The van der Waals surface area contributed by atoms with Crippen molar-refractivity contribution in [1.82, 2.24) is 9.97 Å². The molecule has 0 bridgehead atoms. The zero-order valence-electron chi connectivity index (χ0n) is 8.86. The lowest BCUT2D eigenvalue weighted by Gasteiger charge is -2.08. The van der Waals surface area contributed by atoms with Gasteiger partial charge in [0.05, 0.1) is 6.07 Å². The Hall–Kier alpha value is -1.43. The van der Waals surface area contributed by atoms with E-state index in [1.807, 2.05) is 13.0 Å². The van der Waals surface area contributed by atoms with Crippen molar-refractivity contribution < 1.29 is 0 Å². The minimum atomic E-state index is -0.173. The first-order chi connectivity index (χ1) is 6.69. The summed E-state index contributed by atoms with van der Waals surface area (Å²) in [5.41, 5.74) is 1.00. The fourth-order valence-electron chi connectivity index (χ4n) is 1.21. The van der Waals surface area contributed by atoms with Gasteiger partial charge in [-0.25, -0.2) is 9.97 Å². The molecule has 1 aromatic heterocycles. The highest BCUT2D eigenvalue weighted by Crippen LogP contribution is 2.17. The Morgan fingerprint density at radius 2 is 2.21 bits per heavy atom. The minimum Gasteiger partial charge on any atom is -0.240 e. The van der Waals surface area contributed by atoms with Crippen molar-refractivity contribution in [3.8, 4) is 6.07 Å². The largest absolute Gasteiger partial charge is 0.240 e. The van der Waals surface area contributed by atoms with Crippen LogP contribution in [0.1, 0.15) is 50.5 Å². The van der Waals surface area contributed by atoms with Gasteiger partial charge in [0.15, 0.2) is 0 Å². The summed E-state index contributed by atoms with van der Waals surface area (Å²) < 4.78 is 0. The van der Waals surface area contributed by atoms with Crippen LogP contribution in [0.3, 0.4) is 0 Å². The lowest BCUT2D eigenvalue weighted by molar-refractivity contribution is 0.718. The van der Waals surface area contributed by atoms with Crippen LogP contribution in [0.25, 0.3) is 0 Å². The molecule has 0 saturated carbocycles. The predicted molar refractivity (Wildman–Crippen MR) is 54.8 cm³/mol. The Morgan fingerprint density at radius 1 is 1.50 bits per heavy atom. The molecule has 0 aliphatic carbocycles. The van der Waals surface area contributed by atoms with E-state index in [1.165, 1.54) is 0 Å². The van der Waals surface area contributed by atoms with Crippen LogP contribution in [-0.4, -0.2) is 9.97 Å². The van der Waals surface area contributed by atoms with Crippen LogP contribution < -0.4 is 0 Å². The minimum absolute atomic E-state index is 0.173. The van der Waals surface area contributed by atoms with Crippen LogP contribution in [-0.2, 0) is 0 Å². The number of nitriles is 1. The van der Waals surface area contributed by atoms with Crippen LogP contribution in [0.5, 0.6) is 0 Å². The van der Waals surface area contributed by atoms with Crippen molar-refractivity contribution in [2.24, 2.45) is 0 Å². The Labute approximate surface area is 84.8 Å². The number of aromatic nitrogens is 2. The molecule has 0 saturated heterocycles. The highest BCUT2D eigenvalue weighted by Gasteiger charge is 2.12. The van der Waals surface area contributed by atoms with E-state index in [-0.39, 0.29) is 5.92 Å². The predicted octanol–water partition coefficient (Wildman–Crippen LogP) is 2.62. The maximum atomic E-state index is 8.88. The van der Waals surface area contributed by atoms with E-state index in [1.54, 1.807) is 6.20 Å². The first kappa shape index (κ1) is 10.6. The first-order valence-corrected chi connectivity index (χ1v) is 4.91. The standard InChI is InChI=1S/C11H15N3/c1-4-9(7-12)11-13-6-5-10(14-11)8(2)3/h5-6,8-9H,4H2,1-3H3. The van der Waals surface area contributed by atoms with Gasteiger partial charge in [-0.2, -0.15) is 5.26 Å². The second kappa shape index (κ2) is 4.71. The summed E-state index contributed by atoms with van der Waals surface area (Å²) in [7, 11) is 0. The molecule has 0 radical (unpaired) electrons. The van der Waals surface area contributed by atoms with E-state index < -0.39 is 0 Å². The van der Waals surface area contributed by atoms with Gasteiger partial charge in [-0.1, -0.05) is 20.8 Å². The van der Waals surface area contributed by atoms with Crippen molar-refractivity contribution in [3.05, 3.63) is 23.8 Å². The quantitative estimate of drug-likeness (QED) is 0.734. The highest BCUT2D eigenvalue weighted by atomic mass is 14.9. The summed E-state index contributed by atoms with van der Waals surface area (Å²) in [4.78, 5) is 8.51. The molecule has 0 aliphatic heterocycles. The Kier molecular flexibility index (Phi) is 3.58. The zero-order chi connectivity index (χ0) is 10.6. The molecule has 0 N–H and O–H groups in total. The molecule has 0 fully saturated rings. The van der Waals surface area contributed by atoms with Crippen molar-refractivity contribution >= 4 is 0 Å². The average molecular weight is 189 g/mol. The number of nitrogens with zero attached hydrogens (tertiary/aromatic N) is 3. The molecule has 1 atom stereocenters. The van der Waals surface area contributed by atoms with Gasteiger partial charge in [-0.15, -0.1) is 0 Å². The molecule has 74 valence electrons. The third-order valence-corrected chi connectivity index (χ3v) is 2.16. The van der Waals surface area contributed by atoms with Crippen LogP contribution >= 0.6 is 0 Å². The molecule has 1 rings (SSSR count). The fraction of sp³-hybridized carbons (Fsp3) is 0.545. The zero-order valence-corrected chi connectivity index (χ0v) is 8.86. The molecular weight excluding hydrogens is 174 g/mol. The SMILES string of the molecule is CCC(C#N)c1nccc(C(C)C)n1. The Bertz CT molecular complexity index is 339. The van der Waals surface area contributed by atoms with Gasteiger partial charge < -0.3 is 0 Å². The van der Waals surface area contributed by atoms with Gasteiger partial charge in [0.1, 0.15) is 11.7 Å². The fourth-order valence-corrected chi connectivity index (χ4v) is 1.21. The third kappa shape index (κ3) is 2.29. The summed E-state index contributed by atoms with van der Waals surface area (Å²) in [6.07, 6.45) is 2.50. The van der Waals surface area contributed by atoms with Crippen LogP contribution in [0.15, 0.2) is 12.3 Å². The molecule has 3 nitrogen and oxygen atoms in total. The second-order valence-electron chi connectivity index (χ2n) is 3.58. The molecule has 0 aromatic carbocycles. The second-order valence-corrected chi connectivity index (χ2v) is 3.58. The van der Waals surface area contributed by atoms with Crippen molar-refractivity contribution in [1.29, 1.82) is 5.26 Å². The van der Waals surface area contributed by atoms with E-state index in [9.17, 15) is 0 Å². The third-order valence-electron chi connectivity index (χ3n) is 2.16. The van der Waals surface area contributed by atoms with Gasteiger partial charge in [0.2, 0.25) is 0 Å². The molecule has 0 spiro atoms. The molecule has 14 heavy (non-hydrogen) atoms. The van der Waals surface area contributed by atoms with Gasteiger partial charge in [-0.05, 0) is 18.4 Å². The molecule has 1 heterocycles. The summed E-state index contributed by atoms with van der Waals surface area (Å²) in [6, 6.07) is 4.11. The van der Waals surface area contributed by atoms with Crippen LogP contribution in [0.2, 0.25) is 0 Å². The Balaban J connectivity index is 3.00. The number of hydrogen-bond acceptors (Lipinski definition) is 3. The summed E-state index contributed by atoms with van der Waals surface area (Å²) in [5, 5.41) is 8.88. The molecule has 0 aliphatic rings. The molecular formula is C11H15N3. The van der Waals surface area contributed by atoms with Crippen molar-refractivity contribution in [2.45, 2.75) is 39.0 Å². The van der Waals surface area contributed by atoms with Gasteiger partial charge in [0.25, 0.3) is 0 Å². The van der Waals surface area contributed by atoms with Gasteiger partial charge >= 0.3 is 0 Å². The molecule has 1 aromatic rings. The molecule has 3 heteroatoms. The molecule has 1 unspecified atom stereocenters. The summed E-state index contributed by atoms with van der Waals surface area (Å²) >= 11 is 0. The van der Waals surface area contributed by atoms with E-state index in [0.717, 1.165) is 12.1 Å². The van der Waals surface area contributed by atoms with Crippen molar-refractivity contribution in [3.63, 3.8) is 0 Å². The Morgan fingerprint density at radius 3 is 2.71 bits per heavy atom. The summed E-state index contributed by atoms with van der Waals surface area (Å²) in [5.74, 6) is 0.864. The van der Waals surface area contributed by atoms with Crippen molar-refractivity contribution in [2.75, 3.05) is 0 Å². The molecule has 0 amide bonds. The lowest BCUT2D eigenvalue weighted by Crippen LogP contribution is -2.04. The van der Waals surface area contributed by atoms with Gasteiger partial charge in [0, 0.05) is 11.9 Å². The number of rotatable bonds is 3. The first-order valence-electron chi connectivity index (χ1n) is 4.91. The topological polar surface area (TPSA) is 49.6 Å². The monoisotopic (exact) mass is 189 g/mol.